The number of amidine groups is 1. The number of nitrogens with zero attached hydrogens (tertiary/aromatic N) is 1. The Kier molecular flexibility index (Phi) is 5.93. The molecule has 17 heavy (non-hydrogen) atoms. The molecule has 1 aromatic carbocycles. The van der Waals surface area contributed by atoms with Crippen molar-refractivity contribution in [1.29, 1.82) is 0 Å². The molecule has 4 N–H and O–H groups in total. The van der Waals surface area contributed by atoms with E-state index in [1.807, 2.05) is 6.07 Å². The molecule has 0 saturated carbocycles. The molecule has 0 amide bonds. The predicted molar refractivity (Wildman–Crippen MR) is 71.6 cm³/mol. The first kappa shape index (κ1) is 13.4. The molecule has 1 rings (SSSR count). The van der Waals surface area contributed by atoms with Crippen molar-refractivity contribution in [3.63, 3.8) is 0 Å². The fraction of sp³-hybridized carbons (Fsp3) is 0.462. The Balaban J connectivity index is 2.40. The number of hydrogen-bond acceptors (Lipinski definition) is 3. The fourth-order valence-corrected chi connectivity index (χ4v) is 1.72. The van der Waals surface area contributed by atoms with Gasteiger partial charge in [0, 0.05) is 18.7 Å². The summed E-state index contributed by atoms with van der Waals surface area (Å²) in [6.45, 7) is 3.01. The summed E-state index contributed by atoms with van der Waals surface area (Å²) in [5.41, 5.74) is 7.94. The van der Waals surface area contributed by atoms with Crippen molar-refractivity contribution in [2.24, 2.45) is 10.9 Å². The molecule has 0 saturated heterocycles. The van der Waals surface area contributed by atoms with Crippen molar-refractivity contribution in [1.82, 2.24) is 0 Å². The lowest BCUT2D eigenvalue weighted by Gasteiger charge is -2.11. The van der Waals surface area contributed by atoms with Gasteiger partial charge in [0.1, 0.15) is 5.84 Å². The van der Waals surface area contributed by atoms with E-state index in [-0.39, 0.29) is 5.84 Å². The van der Waals surface area contributed by atoms with Gasteiger partial charge in [-0.15, -0.1) is 0 Å². The Morgan fingerprint density at radius 2 is 2.18 bits per heavy atom. The smallest absolute Gasteiger partial charge is 0.139 e. The molecule has 0 atom stereocenters. The van der Waals surface area contributed by atoms with Gasteiger partial charge in [-0.05, 0) is 24.5 Å². The molecule has 0 fully saturated rings. The number of nitrogens with two attached hydrogens (primary N) is 1. The lowest BCUT2D eigenvalue weighted by atomic mass is 10.1. The van der Waals surface area contributed by atoms with E-state index in [2.05, 4.69) is 35.6 Å². The van der Waals surface area contributed by atoms with E-state index in [4.69, 9.17) is 10.9 Å². The van der Waals surface area contributed by atoms with Gasteiger partial charge >= 0.3 is 0 Å². The van der Waals surface area contributed by atoms with E-state index >= 15 is 0 Å². The molecule has 0 spiro atoms. The Hall–Kier alpha value is -1.71. The molecular weight excluding hydrogens is 214 g/mol. The van der Waals surface area contributed by atoms with Crippen LogP contribution in [-0.4, -0.2) is 17.6 Å². The number of nitrogens with one attached hydrogen (secondary N) is 1. The number of oxime groups is 1. The third kappa shape index (κ3) is 4.76. The van der Waals surface area contributed by atoms with Crippen LogP contribution >= 0.6 is 0 Å². The summed E-state index contributed by atoms with van der Waals surface area (Å²) in [6, 6.07) is 8.33. The van der Waals surface area contributed by atoms with Gasteiger partial charge in [-0.2, -0.15) is 0 Å². The zero-order valence-electron chi connectivity index (χ0n) is 10.3. The minimum atomic E-state index is 0.286. The Labute approximate surface area is 103 Å². The second-order valence-corrected chi connectivity index (χ2v) is 4.03. The molecule has 4 heteroatoms. The predicted octanol–water partition coefficient (Wildman–Crippen LogP) is 2.58. The number of rotatable bonds is 7. The van der Waals surface area contributed by atoms with Gasteiger partial charge < -0.3 is 16.3 Å². The van der Waals surface area contributed by atoms with Crippen molar-refractivity contribution in [2.75, 3.05) is 11.9 Å². The summed E-state index contributed by atoms with van der Waals surface area (Å²) in [7, 11) is 0. The Bertz CT molecular complexity index is 363. The summed E-state index contributed by atoms with van der Waals surface area (Å²) in [6.07, 6.45) is 3.70. The second kappa shape index (κ2) is 7.54. The SMILES string of the molecule is CCCc1ccccc1NCCCC(N)=NO. The highest BCUT2D eigenvalue weighted by atomic mass is 16.4. The van der Waals surface area contributed by atoms with Crippen LogP contribution in [0.2, 0.25) is 0 Å². The molecule has 0 aliphatic carbocycles. The molecule has 0 heterocycles. The second-order valence-electron chi connectivity index (χ2n) is 4.03. The minimum Gasteiger partial charge on any atom is -0.409 e. The molecule has 0 unspecified atom stereocenters. The Morgan fingerprint density at radius 3 is 2.88 bits per heavy atom. The van der Waals surface area contributed by atoms with Gasteiger partial charge in [-0.25, -0.2) is 0 Å². The van der Waals surface area contributed by atoms with Crippen molar-refractivity contribution in [3.05, 3.63) is 29.8 Å². The summed E-state index contributed by atoms with van der Waals surface area (Å²) in [5.74, 6) is 0.286. The van der Waals surface area contributed by atoms with E-state index in [0.717, 1.165) is 25.8 Å². The number of anilines is 1. The zero-order valence-corrected chi connectivity index (χ0v) is 10.3. The van der Waals surface area contributed by atoms with Crippen LogP contribution < -0.4 is 11.1 Å². The first-order valence-corrected chi connectivity index (χ1v) is 6.06. The molecule has 0 aromatic heterocycles. The van der Waals surface area contributed by atoms with Crippen LogP contribution in [0.25, 0.3) is 0 Å². The van der Waals surface area contributed by atoms with Gasteiger partial charge in [-0.1, -0.05) is 36.7 Å². The van der Waals surface area contributed by atoms with Crippen LogP contribution in [0.1, 0.15) is 31.7 Å². The van der Waals surface area contributed by atoms with Crippen molar-refractivity contribution in [2.45, 2.75) is 32.6 Å². The minimum absolute atomic E-state index is 0.286. The molecule has 0 aliphatic heterocycles. The van der Waals surface area contributed by atoms with Crippen molar-refractivity contribution in [3.8, 4) is 0 Å². The quantitative estimate of drug-likeness (QED) is 0.224. The van der Waals surface area contributed by atoms with Gasteiger partial charge in [0.05, 0.1) is 0 Å². The average molecular weight is 235 g/mol. The van der Waals surface area contributed by atoms with E-state index in [1.165, 1.54) is 11.3 Å². The average Bonchev–Trinajstić information content (AvgIpc) is 2.36. The molecule has 0 bridgehead atoms. The molecule has 4 nitrogen and oxygen atoms in total. The van der Waals surface area contributed by atoms with E-state index in [0.29, 0.717) is 6.42 Å². The third-order valence-corrected chi connectivity index (χ3v) is 2.59. The monoisotopic (exact) mass is 235 g/mol. The van der Waals surface area contributed by atoms with Gasteiger partial charge in [0.25, 0.3) is 0 Å². The molecule has 1 aromatic rings. The molecular formula is C13H21N3O. The van der Waals surface area contributed by atoms with Crippen LogP contribution in [-0.2, 0) is 6.42 Å². The Morgan fingerprint density at radius 1 is 1.41 bits per heavy atom. The largest absolute Gasteiger partial charge is 0.409 e. The number of aryl methyl sites for hydroxylation is 1. The molecule has 94 valence electrons. The van der Waals surface area contributed by atoms with Gasteiger partial charge in [0.15, 0.2) is 0 Å². The highest BCUT2D eigenvalue weighted by molar-refractivity contribution is 5.79. The first-order valence-electron chi connectivity index (χ1n) is 6.06. The van der Waals surface area contributed by atoms with E-state index in [1.54, 1.807) is 0 Å². The maximum atomic E-state index is 8.41. The maximum absolute atomic E-state index is 8.41. The number of benzene rings is 1. The standard InChI is InChI=1S/C13H21N3O/c1-2-6-11-7-3-4-8-12(11)15-10-5-9-13(14)16-17/h3-4,7-8,15,17H,2,5-6,9-10H2,1H3,(H2,14,16). The highest BCUT2D eigenvalue weighted by Gasteiger charge is 2.00. The molecule has 0 aliphatic rings. The number of para-hydroxylation sites is 1. The van der Waals surface area contributed by atoms with Crippen molar-refractivity contribution < 1.29 is 5.21 Å². The number of hydrogen-bond donors (Lipinski definition) is 3. The summed E-state index contributed by atoms with van der Waals surface area (Å²) in [4.78, 5) is 0. The zero-order chi connectivity index (χ0) is 12.5. The summed E-state index contributed by atoms with van der Waals surface area (Å²) < 4.78 is 0. The normalized spacial score (nSPS) is 11.5. The van der Waals surface area contributed by atoms with E-state index < -0.39 is 0 Å². The summed E-state index contributed by atoms with van der Waals surface area (Å²) >= 11 is 0. The first-order chi connectivity index (χ1) is 8.27. The topological polar surface area (TPSA) is 70.6 Å². The van der Waals surface area contributed by atoms with Crippen LogP contribution in [0.5, 0.6) is 0 Å². The fourth-order valence-electron chi connectivity index (χ4n) is 1.72. The maximum Gasteiger partial charge on any atom is 0.139 e. The highest BCUT2D eigenvalue weighted by Crippen LogP contribution is 2.16. The van der Waals surface area contributed by atoms with Gasteiger partial charge in [0.2, 0.25) is 0 Å². The molecule has 0 radical (unpaired) electrons. The van der Waals surface area contributed by atoms with Crippen LogP contribution in [0.4, 0.5) is 5.69 Å². The third-order valence-electron chi connectivity index (χ3n) is 2.59. The van der Waals surface area contributed by atoms with Crippen LogP contribution in [0.15, 0.2) is 29.4 Å². The van der Waals surface area contributed by atoms with Crippen LogP contribution in [0, 0.1) is 0 Å². The van der Waals surface area contributed by atoms with Crippen molar-refractivity contribution >= 4 is 11.5 Å². The lowest BCUT2D eigenvalue weighted by Crippen LogP contribution is -2.13. The lowest BCUT2D eigenvalue weighted by molar-refractivity contribution is 0.316. The summed E-state index contributed by atoms with van der Waals surface area (Å²) in [5, 5.41) is 14.7. The van der Waals surface area contributed by atoms with E-state index in [9.17, 15) is 0 Å². The van der Waals surface area contributed by atoms with Gasteiger partial charge in [-0.3, -0.25) is 0 Å². The van der Waals surface area contributed by atoms with Crippen LogP contribution in [0.3, 0.4) is 0 Å².